The molecule has 0 bridgehead atoms. The summed E-state index contributed by atoms with van der Waals surface area (Å²) in [7, 11) is 0. The van der Waals surface area contributed by atoms with Gasteiger partial charge in [0.05, 0.1) is 6.04 Å². The third kappa shape index (κ3) is 6.00. The van der Waals surface area contributed by atoms with Crippen LogP contribution in [0.15, 0.2) is 136 Å². The molecule has 0 aliphatic carbocycles. The van der Waals surface area contributed by atoms with E-state index in [4.69, 9.17) is 0 Å². The van der Waals surface area contributed by atoms with E-state index in [1.54, 1.807) is 11.8 Å². The van der Waals surface area contributed by atoms with Crippen LogP contribution in [0.1, 0.15) is 35.6 Å². The van der Waals surface area contributed by atoms with Crippen molar-refractivity contribution in [2.24, 2.45) is 0 Å². The van der Waals surface area contributed by atoms with Gasteiger partial charge < -0.3 is 4.90 Å². The minimum atomic E-state index is 0.0724. The van der Waals surface area contributed by atoms with E-state index in [0.717, 1.165) is 33.4 Å². The van der Waals surface area contributed by atoms with Gasteiger partial charge in [-0.3, -0.25) is 0 Å². The summed E-state index contributed by atoms with van der Waals surface area (Å²) >= 11 is 5.47. The first-order valence-electron chi connectivity index (χ1n) is 13.4. The Bertz CT molecular complexity index is 1550. The molecule has 1 nitrogen and oxygen atoms in total. The summed E-state index contributed by atoms with van der Waals surface area (Å²) in [4.78, 5) is 4.75. The molecule has 196 valence electrons. The number of rotatable bonds is 4. The highest BCUT2D eigenvalue weighted by Crippen LogP contribution is 2.47. The van der Waals surface area contributed by atoms with Crippen molar-refractivity contribution in [1.82, 2.24) is 0 Å². The second kappa shape index (κ2) is 11.9. The molecular weight excluding hydrogens is 558 g/mol. The molecule has 1 unspecified atom stereocenters. The molecule has 0 amide bonds. The van der Waals surface area contributed by atoms with Crippen molar-refractivity contribution in [3.63, 3.8) is 0 Å². The standard InChI is InChI=1S/C36H34BrNS/c1-6-8-34-32(33-23-30(37)16-19-35(33)38(34)31-17-11-24(2)12-18-31)22-26(4)28-9-7-10-29-21-25(3)13-20-36(29)39-27(5)14-15-28/h6,8-9,11-23,34H,4-5,7,10H2,1-3H3/b8-6?,15-14-,28-9+,32-22-. The summed E-state index contributed by atoms with van der Waals surface area (Å²) in [5, 5.41) is 0. The summed E-state index contributed by atoms with van der Waals surface area (Å²) in [5.41, 5.74) is 10.9. The quantitative estimate of drug-likeness (QED) is 0.277. The van der Waals surface area contributed by atoms with Gasteiger partial charge in [-0.05, 0) is 104 Å². The van der Waals surface area contributed by atoms with Crippen LogP contribution in [0.4, 0.5) is 11.4 Å². The van der Waals surface area contributed by atoms with Gasteiger partial charge in [0.1, 0.15) is 0 Å². The predicted molar refractivity (Wildman–Crippen MR) is 175 cm³/mol. The van der Waals surface area contributed by atoms with Gasteiger partial charge in [-0.2, -0.15) is 0 Å². The van der Waals surface area contributed by atoms with Crippen LogP contribution in [-0.2, 0) is 6.42 Å². The first-order chi connectivity index (χ1) is 18.8. The lowest BCUT2D eigenvalue weighted by Crippen LogP contribution is -2.24. The predicted octanol–water partition coefficient (Wildman–Crippen LogP) is 10.8. The number of fused-ring (bicyclic) bond motifs is 2. The number of anilines is 2. The second-order valence-corrected chi connectivity index (χ2v) is 12.3. The van der Waals surface area contributed by atoms with E-state index in [-0.39, 0.29) is 6.04 Å². The van der Waals surface area contributed by atoms with Crippen molar-refractivity contribution < 1.29 is 0 Å². The van der Waals surface area contributed by atoms with Crippen LogP contribution in [0, 0.1) is 13.8 Å². The zero-order chi connectivity index (χ0) is 27.5. The average Bonchev–Trinajstić information content (AvgIpc) is 3.20. The lowest BCUT2D eigenvalue weighted by Gasteiger charge is -2.26. The van der Waals surface area contributed by atoms with Gasteiger partial charge in [0.15, 0.2) is 0 Å². The minimum Gasteiger partial charge on any atom is -0.330 e. The largest absolute Gasteiger partial charge is 0.330 e. The van der Waals surface area contributed by atoms with Gasteiger partial charge in [-0.15, -0.1) is 0 Å². The lowest BCUT2D eigenvalue weighted by atomic mass is 9.95. The Labute approximate surface area is 246 Å². The summed E-state index contributed by atoms with van der Waals surface area (Å²) < 4.78 is 1.07. The average molecular weight is 593 g/mol. The number of allylic oxidation sites excluding steroid dienone is 7. The topological polar surface area (TPSA) is 3.24 Å². The number of benzene rings is 3. The van der Waals surface area contributed by atoms with E-state index in [0.29, 0.717) is 0 Å². The molecule has 0 spiro atoms. The van der Waals surface area contributed by atoms with Gasteiger partial charge in [-0.25, -0.2) is 0 Å². The van der Waals surface area contributed by atoms with E-state index < -0.39 is 0 Å². The highest BCUT2D eigenvalue weighted by atomic mass is 79.9. The monoisotopic (exact) mass is 591 g/mol. The molecular formula is C36H34BrNS. The van der Waals surface area contributed by atoms with Gasteiger partial charge in [0, 0.05) is 31.2 Å². The molecule has 0 saturated carbocycles. The number of hydrogen-bond donors (Lipinski definition) is 0. The van der Waals surface area contributed by atoms with E-state index >= 15 is 0 Å². The lowest BCUT2D eigenvalue weighted by molar-refractivity contribution is 0.962. The second-order valence-electron chi connectivity index (χ2n) is 10.2. The Hall–Kier alpha value is -3.27. The highest BCUT2D eigenvalue weighted by Gasteiger charge is 2.33. The maximum absolute atomic E-state index is 4.56. The van der Waals surface area contributed by atoms with Crippen molar-refractivity contribution in [2.75, 3.05) is 4.90 Å². The molecule has 0 radical (unpaired) electrons. The molecule has 3 heteroatoms. The molecule has 5 rings (SSSR count). The molecule has 1 atom stereocenters. The number of aryl methyl sites for hydroxylation is 3. The van der Waals surface area contributed by atoms with E-state index in [1.165, 1.54) is 44.1 Å². The minimum absolute atomic E-state index is 0.0724. The highest BCUT2D eigenvalue weighted by molar-refractivity contribution is 9.10. The third-order valence-electron chi connectivity index (χ3n) is 7.20. The molecule has 2 aliphatic heterocycles. The Morgan fingerprint density at radius 2 is 1.77 bits per heavy atom. The zero-order valence-electron chi connectivity index (χ0n) is 22.9. The van der Waals surface area contributed by atoms with Gasteiger partial charge in [0.25, 0.3) is 0 Å². The molecule has 3 aromatic rings. The summed E-state index contributed by atoms with van der Waals surface area (Å²) in [5.74, 6) is 0. The fourth-order valence-corrected chi connectivity index (χ4v) is 6.47. The Morgan fingerprint density at radius 3 is 2.54 bits per heavy atom. The maximum atomic E-state index is 4.56. The maximum Gasteiger partial charge on any atom is 0.0782 e. The van der Waals surface area contributed by atoms with E-state index in [9.17, 15) is 0 Å². The summed E-state index contributed by atoms with van der Waals surface area (Å²) in [6.45, 7) is 15.3. The van der Waals surface area contributed by atoms with Crippen LogP contribution in [0.2, 0.25) is 0 Å². The molecule has 39 heavy (non-hydrogen) atoms. The Morgan fingerprint density at radius 1 is 1.00 bits per heavy atom. The smallest absolute Gasteiger partial charge is 0.0782 e. The van der Waals surface area contributed by atoms with Crippen LogP contribution < -0.4 is 4.90 Å². The summed E-state index contributed by atoms with van der Waals surface area (Å²) in [6.07, 6.45) is 15.3. The van der Waals surface area contributed by atoms with Crippen LogP contribution in [0.3, 0.4) is 0 Å². The van der Waals surface area contributed by atoms with Crippen molar-refractivity contribution in [2.45, 2.75) is 44.6 Å². The van der Waals surface area contributed by atoms with Crippen LogP contribution >= 0.6 is 27.7 Å². The molecule has 3 aromatic carbocycles. The summed E-state index contributed by atoms with van der Waals surface area (Å²) in [6, 6.07) is 22.1. The Balaban J connectivity index is 1.54. The third-order valence-corrected chi connectivity index (χ3v) is 8.71. The van der Waals surface area contributed by atoms with Crippen LogP contribution in [-0.4, -0.2) is 6.04 Å². The Kier molecular flexibility index (Phi) is 8.30. The van der Waals surface area contributed by atoms with Crippen molar-refractivity contribution in [1.29, 1.82) is 0 Å². The molecule has 0 saturated heterocycles. The SMILES string of the molecule is C=C1/C=C\C(C(=C)/C=C2/c3cc(Br)ccc3N(c3ccc(C)cc3)C2C=CC)=C/CCc2cc(C)ccc2S1. The molecule has 0 fully saturated rings. The fourth-order valence-electron chi connectivity index (χ4n) is 5.26. The zero-order valence-corrected chi connectivity index (χ0v) is 25.3. The van der Waals surface area contributed by atoms with Crippen LogP contribution in [0.5, 0.6) is 0 Å². The van der Waals surface area contributed by atoms with Crippen molar-refractivity contribution in [3.8, 4) is 0 Å². The van der Waals surface area contributed by atoms with E-state index in [2.05, 4.69) is 152 Å². The number of hydrogen-bond acceptors (Lipinski definition) is 2. The number of halogens is 1. The molecule has 0 N–H and O–H groups in total. The van der Waals surface area contributed by atoms with Crippen LogP contribution in [0.25, 0.3) is 5.57 Å². The van der Waals surface area contributed by atoms with Gasteiger partial charge in [-0.1, -0.05) is 101 Å². The number of thioether (sulfide) groups is 1. The van der Waals surface area contributed by atoms with Gasteiger partial charge >= 0.3 is 0 Å². The normalized spacial score (nSPS) is 20.5. The van der Waals surface area contributed by atoms with Gasteiger partial charge in [0.2, 0.25) is 0 Å². The van der Waals surface area contributed by atoms with Crippen molar-refractivity contribution in [3.05, 3.63) is 153 Å². The molecule has 2 heterocycles. The first-order valence-corrected chi connectivity index (χ1v) is 15.0. The van der Waals surface area contributed by atoms with E-state index in [1.807, 2.05) is 0 Å². The number of nitrogens with zero attached hydrogens (tertiary/aromatic N) is 1. The molecule has 2 aliphatic rings. The van der Waals surface area contributed by atoms with Crippen molar-refractivity contribution >= 4 is 44.6 Å². The fraction of sp³-hybridized carbons (Fsp3) is 0.167. The first kappa shape index (κ1) is 27.3. The molecule has 0 aromatic heterocycles.